The van der Waals surface area contributed by atoms with E-state index in [0.717, 1.165) is 13.0 Å². The number of nitrogens with one attached hydrogen (secondary N) is 2. The number of ether oxygens (including phenoxy) is 8. The first-order valence-corrected chi connectivity index (χ1v) is 27.5. The number of aliphatic hydroxyl groups excluding tert-OH is 6. The Morgan fingerprint density at radius 3 is 1.49 bits per heavy atom. The minimum atomic E-state index is -6.09. The Kier molecular flexibility index (Phi) is 24.6. The van der Waals surface area contributed by atoms with Crippen molar-refractivity contribution in [2.24, 2.45) is 0 Å². The van der Waals surface area contributed by atoms with Gasteiger partial charge in [-0.05, 0) is 0 Å². The molecule has 454 valence electrons. The highest BCUT2D eigenvalue weighted by atomic mass is 32.3. The third kappa shape index (κ3) is 20.7. The van der Waals surface area contributed by atoms with Crippen LogP contribution in [0.2, 0.25) is 0 Å². The number of carboxylic acid groups (broad SMARTS) is 3. The van der Waals surface area contributed by atoms with Crippen LogP contribution in [0.25, 0.3) is 0 Å². The molecule has 20 atom stereocenters. The second-order valence-corrected chi connectivity index (χ2v) is 21.2. The average molecular weight is 1250 g/mol. The smallest absolute Gasteiger partial charge is 0.397 e. The van der Waals surface area contributed by atoms with Crippen LogP contribution >= 0.6 is 0 Å². The minimum Gasteiger partial charge on any atom is -0.479 e. The molecule has 4 fully saturated rings. The zero-order chi connectivity index (χ0) is 59.8. The third-order valence-corrected chi connectivity index (χ3v) is 12.6. The molecule has 78 heavy (non-hydrogen) atoms. The lowest BCUT2D eigenvalue weighted by Crippen LogP contribution is -2.71. The fourth-order valence-corrected chi connectivity index (χ4v) is 9.67. The molecule has 0 bridgehead atoms. The van der Waals surface area contributed by atoms with E-state index in [0.29, 0.717) is 6.61 Å². The first-order valence-electron chi connectivity index (χ1n) is 20.6. The Morgan fingerprint density at radius 1 is 0.551 bits per heavy atom. The molecule has 4 rings (SSSR count). The van der Waals surface area contributed by atoms with Crippen LogP contribution in [-0.2, 0) is 126 Å². The van der Waals surface area contributed by atoms with E-state index in [1.165, 1.54) is 17.9 Å². The molecule has 0 aromatic rings. The van der Waals surface area contributed by atoms with E-state index in [-0.39, 0.29) is 0 Å². The van der Waals surface area contributed by atoms with E-state index >= 15 is 0 Å². The number of carboxylic acids is 3. The summed E-state index contributed by atoms with van der Waals surface area (Å²) in [6, 6.07) is -4.96. The van der Waals surface area contributed by atoms with Crippen LogP contribution in [0.1, 0.15) is 6.92 Å². The normalized spacial score (nSPS) is 36.2. The number of hydrogen-bond donors (Lipinski definition) is 16. The van der Waals surface area contributed by atoms with Crippen molar-refractivity contribution in [3.05, 3.63) is 12.2 Å². The number of hydrogen-bond acceptors (Lipinski definition) is 32. The zero-order valence-electron chi connectivity index (χ0n) is 38.7. The fraction of sp³-hybridized carbons (Fsp3) is 0.806. The lowest BCUT2D eigenvalue weighted by Gasteiger charge is -2.50. The van der Waals surface area contributed by atoms with Crippen molar-refractivity contribution in [3.63, 3.8) is 0 Å². The molecule has 1 amide bonds. The number of aliphatic hydroxyl groups is 6. The van der Waals surface area contributed by atoms with Gasteiger partial charge in [-0.1, -0.05) is 6.08 Å². The summed E-state index contributed by atoms with van der Waals surface area (Å²) >= 11 is 0. The van der Waals surface area contributed by atoms with Gasteiger partial charge < -0.3 is 89.2 Å². The minimum absolute atomic E-state index is 0.353. The first-order chi connectivity index (χ1) is 35.6. The highest BCUT2D eigenvalue weighted by Gasteiger charge is 2.60. The summed E-state index contributed by atoms with van der Waals surface area (Å²) in [5, 5.41) is 94.0. The van der Waals surface area contributed by atoms with Crippen molar-refractivity contribution >= 4 is 75.7 Å². The fourth-order valence-electron chi connectivity index (χ4n) is 7.30. The van der Waals surface area contributed by atoms with E-state index < -0.39 is 212 Å². The Morgan fingerprint density at radius 2 is 1.04 bits per heavy atom. The Bertz CT molecular complexity index is 2680. The third-order valence-electron chi connectivity index (χ3n) is 10.2. The number of rotatable bonds is 24. The maximum absolute atomic E-state index is 12.7. The summed E-state index contributed by atoms with van der Waals surface area (Å²) in [6.45, 7) is -1.89. The molecule has 0 saturated carbocycles. The second kappa shape index (κ2) is 27.9. The van der Waals surface area contributed by atoms with Crippen molar-refractivity contribution in [2.75, 3.05) is 26.9 Å². The molecular formula is C31H50N2O40S5. The van der Waals surface area contributed by atoms with Crippen LogP contribution in [0.5, 0.6) is 0 Å². The van der Waals surface area contributed by atoms with Gasteiger partial charge in [0.25, 0.3) is 0 Å². The molecule has 42 nitrogen and oxygen atoms in total. The predicted octanol–water partition coefficient (Wildman–Crippen LogP) is -10.4. The van der Waals surface area contributed by atoms with Crippen molar-refractivity contribution in [3.8, 4) is 0 Å². The molecule has 16 N–H and O–H groups in total. The van der Waals surface area contributed by atoms with Gasteiger partial charge in [-0.2, -0.15) is 46.8 Å². The van der Waals surface area contributed by atoms with Crippen LogP contribution in [0.15, 0.2) is 12.2 Å². The van der Waals surface area contributed by atoms with Gasteiger partial charge >= 0.3 is 69.8 Å². The molecule has 0 aliphatic carbocycles. The van der Waals surface area contributed by atoms with Crippen LogP contribution in [-0.4, -0.2) is 284 Å². The van der Waals surface area contributed by atoms with E-state index in [2.05, 4.69) is 21.5 Å². The monoisotopic (exact) mass is 1250 g/mol. The molecule has 0 spiro atoms. The number of aliphatic carboxylic acids is 3. The Hall–Kier alpha value is -3.59. The van der Waals surface area contributed by atoms with Gasteiger partial charge in [0.05, 0.1) is 19.8 Å². The van der Waals surface area contributed by atoms with Gasteiger partial charge in [-0.15, -0.1) is 0 Å². The van der Waals surface area contributed by atoms with Crippen LogP contribution in [0, 0.1) is 0 Å². The quantitative estimate of drug-likeness (QED) is 0.0315. The summed E-state index contributed by atoms with van der Waals surface area (Å²) in [5.74, 6) is -6.43. The van der Waals surface area contributed by atoms with Gasteiger partial charge in [0.2, 0.25) is 5.91 Å². The molecule has 47 heteroatoms. The van der Waals surface area contributed by atoms with Crippen LogP contribution in [0.4, 0.5) is 0 Å². The van der Waals surface area contributed by atoms with Crippen LogP contribution < -0.4 is 10.0 Å². The predicted molar refractivity (Wildman–Crippen MR) is 229 cm³/mol. The lowest BCUT2D eigenvalue weighted by atomic mass is 9.94. The topological polar surface area (TPSA) is 657 Å². The highest BCUT2D eigenvalue weighted by Crippen LogP contribution is 2.37. The largest absolute Gasteiger partial charge is 0.479 e. The van der Waals surface area contributed by atoms with Gasteiger partial charge in [0.1, 0.15) is 73.1 Å². The maximum atomic E-state index is 12.7. The summed E-state index contributed by atoms with van der Waals surface area (Å²) in [6.07, 6.45) is -46.6. The SMILES string of the molecule is CC(=O)N[C@@H]1[C@@H](O)[C@H](O[C@@H]2O[C@H](C(=O)O)[C@@H](O[C@@H]3O[C@H](CO)[C@@H](O[C@H]4O[C@@H](C(=O)O)[C@H](O)[C@@H](O)[C@@H]4OS(=O)(=O)O)[C@H](OS(=O)(=O)O)[C@H]3NS(=O)(=O)O)[C@H](O)[C@H]2OS(=O)(=O)O)[C@H](COS(=O)(=O)O)O[C@H]1O.COC/C=C/C(=O)O. The Labute approximate surface area is 437 Å². The number of amides is 1. The molecule has 0 unspecified atom stereocenters. The highest BCUT2D eigenvalue weighted by molar-refractivity contribution is 7.83. The van der Waals surface area contributed by atoms with Crippen molar-refractivity contribution < 1.29 is 185 Å². The van der Waals surface area contributed by atoms with Crippen LogP contribution in [0.3, 0.4) is 0 Å². The molecular weight excluding hydrogens is 1200 g/mol. The van der Waals surface area contributed by atoms with E-state index in [1.54, 1.807) is 0 Å². The van der Waals surface area contributed by atoms with Gasteiger partial charge in [0.15, 0.2) is 49.6 Å². The van der Waals surface area contributed by atoms with E-state index in [9.17, 15) is 120 Å². The molecule has 4 aliphatic rings. The standard InChI is InChI=1S/C26H42N2O37S5.C5H8O3/c1-4(30)27-7-9(31)13(6(56-23(7)39)3-55-67(43,44)45)58-26-19(65-70(52,53)54)12(34)16(20(62-26)22(37)38)60-24-8(28-66(40,41)42)15(63-68(46,47)48)14(5(2-29)57-24)59-25-18(64-69(49,50)51)11(33)10(32)17(61-25)21(35)36;1-8-4-2-3-5(6)7/h5-20,23-26,28-29,31-34,39H,2-3H2,1H3,(H,27,30)(H,35,36)(H,37,38)(H,40,41,42)(H,43,44,45)(H,46,47,48)(H,49,50,51)(H,52,53,54);2-3H,4H2,1H3,(H,6,7)/b;3-2+/t5-,6+,7-,8-,9-,10-,11-,12+,13-,14-,15-,16+,17-,18+,19-,20+,23-,24+,25+,26-;/m1./s1. The molecule has 4 saturated heterocycles. The van der Waals surface area contributed by atoms with E-state index in [1.807, 2.05) is 5.32 Å². The second-order valence-electron chi connectivity index (χ2n) is 15.8. The number of methoxy groups -OCH3 is 1. The first kappa shape index (κ1) is 68.7. The Balaban J connectivity index is 0.00000184. The van der Waals surface area contributed by atoms with Crippen molar-refractivity contribution in [1.29, 1.82) is 0 Å². The zero-order valence-corrected chi connectivity index (χ0v) is 42.8. The van der Waals surface area contributed by atoms with Crippen molar-refractivity contribution in [2.45, 2.75) is 130 Å². The van der Waals surface area contributed by atoms with Gasteiger partial charge in [-0.3, -0.25) is 27.6 Å². The number of carbonyl (C=O) groups is 4. The van der Waals surface area contributed by atoms with E-state index in [4.69, 9.17) is 42.8 Å². The molecule has 4 aliphatic heterocycles. The molecule has 0 aromatic carbocycles. The molecule has 0 radical (unpaired) electrons. The van der Waals surface area contributed by atoms with Gasteiger partial charge in [-0.25, -0.2) is 31.1 Å². The van der Waals surface area contributed by atoms with Crippen molar-refractivity contribution in [1.82, 2.24) is 10.0 Å². The maximum Gasteiger partial charge on any atom is 0.397 e. The molecule has 4 heterocycles. The number of carbonyl (C=O) groups excluding carboxylic acids is 1. The summed E-state index contributed by atoms with van der Waals surface area (Å²) in [5.41, 5.74) is 0. The average Bonchev–Trinajstić information content (AvgIpc) is 3.26. The summed E-state index contributed by atoms with van der Waals surface area (Å²) in [4.78, 5) is 46.1. The van der Waals surface area contributed by atoms with Gasteiger partial charge in [0, 0.05) is 20.1 Å². The molecule has 0 aromatic heterocycles. The lowest BCUT2D eigenvalue weighted by molar-refractivity contribution is -0.366. The summed E-state index contributed by atoms with van der Waals surface area (Å²) in [7, 11) is -27.6. The summed E-state index contributed by atoms with van der Waals surface area (Å²) < 4.78 is 227.